The van der Waals surface area contributed by atoms with Crippen LogP contribution in [0.4, 0.5) is 10.8 Å². The molecule has 3 aromatic rings. The summed E-state index contributed by atoms with van der Waals surface area (Å²) in [5.41, 5.74) is 0.130. The number of nitrogens with one attached hydrogen (secondary N) is 2. The summed E-state index contributed by atoms with van der Waals surface area (Å²) in [4.78, 5) is 30.5. The Hall–Kier alpha value is -2.82. The lowest BCUT2D eigenvalue weighted by atomic mass is 10.3. The summed E-state index contributed by atoms with van der Waals surface area (Å²) >= 11 is 8.41. The minimum Gasteiger partial charge on any atom is -0.508 e. The van der Waals surface area contributed by atoms with Gasteiger partial charge in [-0.05, 0) is 18.2 Å². The number of thiazole rings is 2. The van der Waals surface area contributed by atoms with Crippen LogP contribution in [0.25, 0.3) is 12.3 Å². The molecule has 0 radical (unpaired) electrons. The summed E-state index contributed by atoms with van der Waals surface area (Å²) in [7, 11) is 0. The van der Waals surface area contributed by atoms with Gasteiger partial charge in [0.2, 0.25) is 5.91 Å². The van der Waals surface area contributed by atoms with Gasteiger partial charge in [-0.3, -0.25) is 9.59 Å². The molecule has 0 aliphatic heterocycles. The van der Waals surface area contributed by atoms with Crippen LogP contribution in [0.3, 0.4) is 0 Å². The Morgan fingerprint density at radius 3 is 2.96 bits per heavy atom. The number of azo groups is 1. The number of carbonyl (C=O) groups is 1. The number of halogens is 1. The van der Waals surface area contributed by atoms with E-state index in [2.05, 4.69) is 25.5 Å². The molecule has 0 saturated carbocycles. The van der Waals surface area contributed by atoms with Crippen molar-refractivity contribution in [3.05, 3.63) is 53.8 Å². The van der Waals surface area contributed by atoms with Crippen molar-refractivity contribution in [3.8, 4) is 5.75 Å². The highest BCUT2D eigenvalue weighted by molar-refractivity contribution is 7.16. The van der Waals surface area contributed by atoms with Crippen LogP contribution in [0.2, 0.25) is 5.02 Å². The zero-order valence-corrected chi connectivity index (χ0v) is 16.2. The lowest BCUT2D eigenvalue weighted by Gasteiger charge is -1.95. The molecule has 2 heterocycles. The first-order valence-electron chi connectivity index (χ1n) is 7.44. The van der Waals surface area contributed by atoms with Crippen LogP contribution in [0.5, 0.6) is 5.75 Å². The van der Waals surface area contributed by atoms with Crippen LogP contribution in [-0.2, 0) is 4.79 Å². The number of carbonyl (C=O) groups excluding carboxylic acids is 1. The summed E-state index contributed by atoms with van der Waals surface area (Å²) in [6.07, 6.45) is 4.66. The first kappa shape index (κ1) is 19.0. The molecule has 27 heavy (non-hydrogen) atoms. The molecule has 8 nitrogen and oxygen atoms in total. The summed E-state index contributed by atoms with van der Waals surface area (Å²) in [6.45, 7) is 1.40. The predicted octanol–water partition coefficient (Wildman–Crippen LogP) is 2.56. The standard InChI is InChI=1S/C16H12ClN5O3S2/c1-8(23)20-16-18-6-10(26-16)5-13-15(25)21-14(27-13)7-19-22-12-3-2-9(24)4-11(12)17/h2-7,24H,1H3,(H,21,25)(H,18,20,23). The van der Waals surface area contributed by atoms with Crippen LogP contribution in [-0.4, -0.2) is 21.0 Å². The number of benzene rings is 1. The number of H-pyrrole nitrogens is 1. The molecular weight excluding hydrogens is 410 g/mol. The molecule has 1 aromatic carbocycles. The molecule has 0 fully saturated rings. The molecule has 138 valence electrons. The SMILES string of the molecule is CC(=O)Nc1ncc(C=c2sc(=CN=Nc3ccc(O)cc3Cl)[nH]c2=O)s1. The van der Waals surface area contributed by atoms with Crippen LogP contribution in [0.15, 0.2) is 39.4 Å². The summed E-state index contributed by atoms with van der Waals surface area (Å²) in [5, 5.41) is 20.5. The fourth-order valence-corrected chi connectivity index (χ4v) is 3.83. The molecule has 0 spiro atoms. The normalized spacial score (nSPS) is 12.8. The molecule has 0 bridgehead atoms. The van der Waals surface area contributed by atoms with Crippen LogP contribution >= 0.6 is 34.3 Å². The fourth-order valence-electron chi connectivity index (χ4n) is 1.93. The Bertz CT molecular complexity index is 1200. The van der Waals surface area contributed by atoms with Gasteiger partial charge in [-0.25, -0.2) is 4.98 Å². The van der Waals surface area contributed by atoms with E-state index >= 15 is 0 Å². The average molecular weight is 422 g/mol. The lowest BCUT2D eigenvalue weighted by molar-refractivity contribution is -0.114. The number of aromatic hydroxyl groups is 1. The molecule has 0 saturated heterocycles. The number of hydrogen-bond donors (Lipinski definition) is 3. The third-order valence-corrected chi connectivity index (χ3v) is 5.15. The molecule has 1 amide bonds. The largest absolute Gasteiger partial charge is 0.508 e. The van der Waals surface area contributed by atoms with Crippen molar-refractivity contribution >= 4 is 63.3 Å². The second-order valence-electron chi connectivity index (χ2n) is 5.16. The highest BCUT2D eigenvalue weighted by Gasteiger charge is 2.03. The number of aromatic amines is 1. The van der Waals surface area contributed by atoms with Gasteiger partial charge in [-0.2, -0.15) is 5.11 Å². The van der Waals surface area contributed by atoms with Crippen molar-refractivity contribution in [2.45, 2.75) is 6.92 Å². The van der Waals surface area contributed by atoms with Crippen molar-refractivity contribution in [2.75, 3.05) is 5.32 Å². The van der Waals surface area contributed by atoms with E-state index in [0.29, 0.717) is 20.0 Å². The number of hydrogen-bond acceptors (Lipinski definition) is 8. The Morgan fingerprint density at radius 1 is 1.41 bits per heavy atom. The second kappa shape index (κ2) is 8.25. The van der Waals surface area contributed by atoms with E-state index in [4.69, 9.17) is 11.6 Å². The van der Waals surface area contributed by atoms with E-state index < -0.39 is 0 Å². The van der Waals surface area contributed by atoms with Gasteiger partial charge >= 0.3 is 0 Å². The third-order valence-electron chi connectivity index (χ3n) is 3.03. The van der Waals surface area contributed by atoms with Gasteiger partial charge in [0, 0.05) is 19.2 Å². The second-order valence-corrected chi connectivity index (χ2v) is 7.71. The van der Waals surface area contributed by atoms with Crippen LogP contribution < -0.4 is 20.1 Å². The Balaban J connectivity index is 1.84. The topological polar surface area (TPSA) is 120 Å². The molecule has 3 N–H and O–H groups in total. The summed E-state index contributed by atoms with van der Waals surface area (Å²) in [5.74, 6) is -0.170. The fraction of sp³-hybridized carbons (Fsp3) is 0.0625. The molecule has 0 aliphatic carbocycles. The monoisotopic (exact) mass is 421 g/mol. The summed E-state index contributed by atoms with van der Waals surface area (Å²) < 4.78 is 0.980. The number of nitrogens with zero attached hydrogens (tertiary/aromatic N) is 3. The number of rotatable bonds is 4. The van der Waals surface area contributed by atoms with Crippen molar-refractivity contribution < 1.29 is 9.90 Å². The third kappa shape index (κ3) is 5.09. The van der Waals surface area contributed by atoms with E-state index in [0.717, 1.165) is 4.88 Å². The maximum absolute atomic E-state index is 12.1. The van der Waals surface area contributed by atoms with Gasteiger partial charge in [-0.1, -0.05) is 22.9 Å². The number of phenols is 1. The average Bonchev–Trinajstić information content (AvgIpc) is 3.16. The minimum atomic E-state index is -0.265. The molecule has 11 heteroatoms. The maximum Gasteiger partial charge on any atom is 0.266 e. The smallest absolute Gasteiger partial charge is 0.266 e. The quantitative estimate of drug-likeness (QED) is 0.560. The first-order valence-corrected chi connectivity index (χ1v) is 9.45. The molecule has 0 atom stereocenters. The molecular formula is C16H12ClN5O3S2. The molecule has 0 aliphatic rings. The van der Waals surface area contributed by atoms with Crippen molar-refractivity contribution in [1.82, 2.24) is 9.97 Å². The molecule has 2 aromatic heterocycles. The van der Waals surface area contributed by atoms with E-state index in [9.17, 15) is 14.7 Å². The van der Waals surface area contributed by atoms with Crippen molar-refractivity contribution in [3.63, 3.8) is 0 Å². The maximum atomic E-state index is 12.1. The van der Waals surface area contributed by atoms with Crippen molar-refractivity contribution in [1.29, 1.82) is 0 Å². The highest BCUT2D eigenvalue weighted by atomic mass is 35.5. The number of amides is 1. The Kier molecular flexibility index (Phi) is 5.79. The predicted molar refractivity (Wildman–Crippen MR) is 106 cm³/mol. The van der Waals surface area contributed by atoms with Gasteiger partial charge < -0.3 is 15.4 Å². The van der Waals surface area contributed by atoms with E-state index in [1.807, 2.05) is 0 Å². The van der Waals surface area contributed by atoms with E-state index in [-0.39, 0.29) is 22.2 Å². The number of aromatic nitrogens is 2. The first-order chi connectivity index (χ1) is 12.9. The lowest BCUT2D eigenvalue weighted by Crippen LogP contribution is -2.19. The number of anilines is 1. The zero-order chi connectivity index (χ0) is 19.4. The van der Waals surface area contributed by atoms with Crippen LogP contribution in [0, 0.1) is 0 Å². The van der Waals surface area contributed by atoms with Crippen molar-refractivity contribution in [2.24, 2.45) is 10.2 Å². The Morgan fingerprint density at radius 2 is 2.22 bits per heavy atom. The van der Waals surface area contributed by atoms with Gasteiger partial charge in [-0.15, -0.1) is 16.5 Å². The Labute approximate surface area is 165 Å². The van der Waals surface area contributed by atoms with Gasteiger partial charge in [0.25, 0.3) is 5.56 Å². The minimum absolute atomic E-state index is 0.0374. The molecule has 0 unspecified atom stereocenters. The number of phenolic OH excluding ortho intramolecular Hbond substituents is 1. The zero-order valence-electron chi connectivity index (χ0n) is 13.8. The highest BCUT2D eigenvalue weighted by Crippen LogP contribution is 2.28. The van der Waals surface area contributed by atoms with Gasteiger partial charge in [0.05, 0.1) is 20.6 Å². The molecule has 3 rings (SSSR count). The van der Waals surface area contributed by atoms with Gasteiger partial charge in [0.15, 0.2) is 5.13 Å². The van der Waals surface area contributed by atoms with E-state index in [1.54, 1.807) is 12.3 Å². The van der Waals surface area contributed by atoms with Gasteiger partial charge in [0.1, 0.15) is 16.1 Å². The summed E-state index contributed by atoms with van der Waals surface area (Å²) in [6, 6.07) is 4.34. The van der Waals surface area contributed by atoms with E-state index in [1.165, 1.54) is 54.0 Å². The van der Waals surface area contributed by atoms with Crippen LogP contribution in [0.1, 0.15) is 11.8 Å².